The van der Waals surface area contributed by atoms with Gasteiger partial charge in [0.15, 0.2) is 5.82 Å². The third-order valence-electron chi connectivity index (χ3n) is 3.48. The highest BCUT2D eigenvalue weighted by atomic mass is 19.1. The third-order valence-corrected chi connectivity index (χ3v) is 3.48. The van der Waals surface area contributed by atoms with Crippen molar-refractivity contribution in [1.29, 1.82) is 0 Å². The molecule has 2 amide bonds. The molecule has 0 radical (unpaired) electrons. The molecule has 0 fully saturated rings. The molecule has 10 heteroatoms. The standard InChI is InChI=1S/C16H18FN7O2/c1-9(2)7-12(15-22-14(24-26-15)13-18-8-19-23-13)21-16(25)20-11-5-3-10(17)4-6-11/h3-6,8-9,12H,7H2,1-2H3,(H,18,19,23)(H2,20,21,25). The molecule has 0 saturated heterocycles. The number of carbonyl (C=O) groups excluding carboxylic acids is 1. The number of hydrogen-bond acceptors (Lipinski definition) is 6. The van der Waals surface area contributed by atoms with Gasteiger partial charge in [0.2, 0.25) is 11.7 Å². The second-order valence-electron chi connectivity index (χ2n) is 6.08. The van der Waals surface area contributed by atoms with Crippen LogP contribution in [0.2, 0.25) is 0 Å². The minimum absolute atomic E-state index is 0.256. The van der Waals surface area contributed by atoms with Crippen LogP contribution < -0.4 is 10.6 Å². The molecule has 1 atom stereocenters. The molecular weight excluding hydrogens is 341 g/mol. The molecule has 2 heterocycles. The summed E-state index contributed by atoms with van der Waals surface area (Å²) in [5, 5.41) is 15.7. The van der Waals surface area contributed by atoms with Crippen LogP contribution >= 0.6 is 0 Å². The minimum atomic E-state index is -0.486. The minimum Gasteiger partial charge on any atom is -0.337 e. The molecule has 136 valence electrons. The number of aromatic amines is 1. The normalized spacial score (nSPS) is 12.2. The predicted octanol–water partition coefficient (Wildman–Crippen LogP) is 2.90. The molecule has 0 aliphatic heterocycles. The molecule has 0 aliphatic carbocycles. The fraction of sp³-hybridized carbons (Fsp3) is 0.312. The van der Waals surface area contributed by atoms with E-state index in [1.807, 2.05) is 13.8 Å². The number of nitrogens with one attached hydrogen (secondary N) is 3. The molecule has 1 unspecified atom stereocenters. The summed E-state index contributed by atoms with van der Waals surface area (Å²) in [4.78, 5) is 20.5. The Morgan fingerprint density at radius 3 is 2.73 bits per heavy atom. The molecule has 2 aromatic heterocycles. The Morgan fingerprint density at radius 2 is 2.08 bits per heavy atom. The number of benzene rings is 1. The zero-order chi connectivity index (χ0) is 18.5. The van der Waals surface area contributed by atoms with Gasteiger partial charge in [-0.1, -0.05) is 19.0 Å². The Hall–Kier alpha value is -3.30. The van der Waals surface area contributed by atoms with Gasteiger partial charge < -0.3 is 15.2 Å². The lowest BCUT2D eigenvalue weighted by atomic mass is 10.0. The van der Waals surface area contributed by atoms with Gasteiger partial charge in [-0.05, 0) is 36.6 Å². The number of amides is 2. The Morgan fingerprint density at radius 1 is 1.31 bits per heavy atom. The van der Waals surface area contributed by atoms with Crippen molar-refractivity contribution in [3.8, 4) is 11.6 Å². The van der Waals surface area contributed by atoms with Gasteiger partial charge in [0, 0.05) is 5.69 Å². The van der Waals surface area contributed by atoms with Crippen molar-refractivity contribution in [1.82, 2.24) is 30.6 Å². The van der Waals surface area contributed by atoms with E-state index in [2.05, 4.69) is 36.0 Å². The average Bonchev–Trinajstić information content (AvgIpc) is 3.27. The summed E-state index contributed by atoms with van der Waals surface area (Å²) >= 11 is 0. The van der Waals surface area contributed by atoms with E-state index in [9.17, 15) is 9.18 Å². The van der Waals surface area contributed by atoms with E-state index in [0.717, 1.165) is 0 Å². The second kappa shape index (κ2) is 7.72. The summed E-state index contributed by atoms with van der Waals surface area (Å²) < 4.78 is 18.2. The molecule has 26 heavy (non-hydrogen) atoms. The van der Waals surface area contributed by atoms with Crippen LogP contribution in [0.1, 0.15) is 32.2 Å². The highest BCUT2D eigenvalue weighted by Crippen LogP contribution is 2.22. The molecule has 0 aliphatic rings. The van der Waals surface area contributed by atoms with Crippen LogP contribution in [-0.4, -0.2) is 31.4 Å². The lowest BCUT2D eigenvalue weighted by Crippen LogP contribution is -2.33. The van der Waals surface area contributed by atoms with E-state index in [-0.39, 0.29) is 23.5 Å². The number of rotatable bonds is 6. The summed E-state index contributed by atoms with van der Waals surface area (Å²) in [7, 11) is 0. The molecular formula is C16H18FN7O2. The van der Waals surface area contributed by atoms with Gasteiger partial charge in [-0.3, -0.25) is 5.10 Å². The number of halogens is 1. The third kappa shape index (κ3) is 4.41. The van der Waals surface area contributed by atoms with Gasteiger partial charge >= 0.3 is 6.03 Å². The van der Waals surface area contributed by atoms with E-state index >= 15 is 0 Å². The van der Waals surface area contributed by atoms with Crippen LogP contribution in [-0.2, 0) is 0 Å². The van der Waals surface area contributed by atoms with E-state index in [1.165, 1.54) is 30.6 Å². The van der Waals surface area contributed by atoms with Crippen molar-refractivity contribution >= 4 is 11.7 Å². The van der Waals surface area contributed by atoms with Gasteiger partial charge in [-0.25, -0.2) is 14.2 Å². The van der Waals surface area contributed by atoms with E-state index in [4.69, 9.17) is 4.52 Å². The fourth-order valence-electron chi connectivity index (χ4n) is 2.34. The maximum atomic E-state index is 12.9. The highest BCUT2D eigenvalue weighted by molar-refractivity contribution is 5.89. The average molecular weight is 359 g/mol. The maximum Gasteiger partial charge on any atom is 0.319 e. The Bertz CT molecular complexity index is 846. The van der Waals surface area contributed by atoms with Crippen molar-refractivity contribution in [2.45, 2.75) is 26.3 Å². The molecule has 1 aromatic carbocycles. The van der Waals surface area contributed by atoms with Crippen LogP contribution in [0.25, 0.3) is 11.6 Å². The van der Waals surface area contributed by atoms with E-state index in [1.54, 1.807) is 0 Å². The van der Waals surface area contributed by atoms with Gasteiger partial charge in [0.25, 0.3) is 0 Å². The summed E-state index contributed by atoms with van der Waals surface area (Å²) in [6.45, 7) is 4.03. The first-order valence-corrected chi connectivity index (χ1v) is 8.03. The first-order valence-electron chi connectivity index (χ1n) is 8.03. The number of urea groups is 1. The molecule has 3 rings (SSSR count). The van der Waals surface area contributed by atoms with Crippen LogP contribution in [0.15, 0.2) is 35.1 Å². The number of aromatic nitrogens is 5. The van der Waals surface area contributed by atoms with Crippen LogP contribution in [0.3, 0.4) is 0 Å². The molecule has 0 saturated carbocycles. The second-order valence-corrected chi connectivity index (χ2v) is 6.08. The van der Waals surface area contributed by atoms with Gasteiger partial charge in [-0.2, -0.15) is 10.1 Å². The zero-order valence-electron chi connectivity index (χ0n) is 14.2. The van der Waals surface area contributed by atoms with Crippen LogP contribution in [0, 0.1) is 11.7 Å². The summed E-state index contributed by atoms with van der Waals surface area (Å²) in [5.41, 5.74) is 0.472. The summed E-state index contributed by atoms with van der Waals surface area (Å²) in [6.07, 6.45) is 1.93. The highest BCUT2D eigenvalue weighted by Gasteiger charge is 2.23. The number of carbonyl (C=O) groups is 1. The van der Waals surface area contributed by atoms with Crippen LogP contribution in [0.5, 0.6) is 0 Å². The Balaban J connectivity index is 1.71. The largest absolute Gasteiger partial charge is 0.337 e. The topological polar surface area (TPSA) is 122 Å². The van der Waals surface area contributed by atoms with Crippen molar-refractivity contribution in [2.75, 3.05) is 5.32 Å². The van der Waals surface area contributed by atoms with Gasteiger partial charge in [0.05, 0.1) is 0 Å². The first-order chi connectivity index (χ1) is 12.5. The van der Waals surface area contributed by atoms with Crippen molar-refractivity contribution < 1.29 is 13.7 Å². The lowest BCUT2D eigenvalue weighted by Gasteiger charge is -2.17. The van der Waals surface area contributed by atoms with E-state index in [0.29, 0.717) is 17.9 Å². The van der Waals surface area contributed by atoms with Gasteiger partial charge in [0.1, 0.15) is 18.2 Å². The predicted molar refractivity (Wildman–Crippen MR) is 90.4 cm³/mol. The maximum absolute atomic E-state index is 12.9. The lowest BCUT2D eigenvalue weighted by molar-refractivity contribution is 0.240. The molecule has 9 nitrogen and oxygen atoms in total. The summed E-state index contributed by atoms with van der Waals surface area (Å²) in [6, 6.07) is 4.54. The zero-order valence-corrected chi connectivity index (χ0v) is 14.2. The van der Waals surface area contributed by atoms with E-state index < -0.39 is 12.1 Å². The Labute approximate surface area is 148 Å². The van der Waals surface area contributed by atoms with Crippen molar-refractivity contribution in [3.05, 3.63) is 42.3 Å². The SMILES string of the molecule is CC(C)CC(NC(=O)Nc1ccc(F)cc1)c1nc(-c2ncn[nH]2)no1. The fourth-order valence-corrected chi connectivity index (χ4v) is 2.34. The van der Waals surface area contributed by atoms with Gasteiger partial charge in [-0.15, -0.1) is 0 Å². The molecule has 3 aromatic rings. The van der Waals surface area contributed by atoms with Crippen molar-refractivity contribution in [3.63, 3.8) is 0 Å². The number of anilines is 1. The summed E-state index contributed by atoms with van der Waals surface area (Å²) in [5.74, 6) is 0.789. The Kier molecular flexibility index (Phi) is 5.20. The quantitative estimate of drug-likeness (QED) is 0.622. The molecule has 3 N–H and O–H groups in total. The molecule has 0 bridgehead atoms. The number of hydrogen-bond donors (Lipinski definition) is 3. The molecule has 0 spiro atoms. The number of H-pyrrole nitrogens is 1. The van der Waals surface area contributed by atoms with Crippen LogP contribution in [0.4, 0.5) is 14.9 Å². The van der Waals surface area contributed by atoms with Crippen molar-refractivity contribution in [2.24, 2.45) is 5.92 Å². The number of nitrogens with zero attached hydrogens (tertiary/aromatic N) is 4. The monoisotopic (exact) mass is 359 g/mol. The smallest absolute Gasteiger partial charge is 0.319 e. The first kappa shape index (κ1) is 17.5.